The van der Waals surface area contributed by atoms with Crippen LogP contribution in [0.2, 0.25) is 0 Å². The topological polar surface area (TPSA) is 96.3 Å². The number of ether oxygens (including phenoxy) is 1. The molecule has 4 N–H and O–H groups in total. The van der Waals surface area contributed by atoms with Crippen LogP contribution < -0.4 is 16.0 Å². The van der Waals surface area contributed by atoms with Gasteiger partial charge in [-0.2, -0.15) is 0 Å². The Bertz CT molecular complexity index is 803. The largest absolute Gasteiger partial charge is 0.463 e. The molecule has 0 aliphatic carbocycles. The number of nitrogens with one attached hydrogen (secondary N) is 2. The molecule has 2 rings (SSSR count). The molecule has 2 aromatic rings. The molecule has 0 radical (unpaired) electrons. The summed E-state index contributed by atoms with van der Waals surface area (Å²) in [5.74, 6) is 1.42. The number of aliphatic imine (C=N–C) groups is 1. The van der Waals surface area contributed by atoms with Crippen LogP contribution in [-0.4, -0.2) is 16.2 Å². The Balaban J connectivity index is 2.24. The monoisotopic (exact) mass is 302 g/mol. The molecule has 0 unspecified atom stereocenters. The van der Waals surface area contributed by atoms with E-state index in [4.69, 9.17) is 22.7 Å². The Kier molecular flexibility index (Phi) is 4.34. The Morgan fingerprint density at radius 3 is 2.62 bits per heavy atom. The number of aromatic nitrogens is 2. The van der Waals surface area contributed by atoms with Gasteiger partial charge in [0.05, 0.1) is 5.76 Å². The van der Waals surface area contributed by atoms with Gasteiger partial charge in [0, 0.05) is 6.21 Å². The molecule has 0 saturated heterocycles. The van der Waals surface area contributed by atoms with Crippen LogP contribution in [0.3, 0.4) is 0 Å². The maximum Gasteiger partial charge on any atom is 0.279 e. The summed E-state index contributed by atoms with van der Waals surface area (Å²) in [6.45, 7) is 5.43. The molecule has 0 spiro atoms. The Labute approximate surface area is 126 Å². The molecule has 0 saturated carbocycles. The highest BCUT2D eigenvalue weighted by molar-refractivity contribution is 7.71. The lowest BCUT2D eigenvalue weighted by Crippen LogP contribution is -2.10. The van der Waals surface area contributed by atoms with Crippen LogP contribution in [0.1, 0.15) is 12.5 Å². The molecule has 6 nitrogen and oxygen atoms in total. The van der Waals surface area contributed by atoms with Crippen LogP contribution >= 0.6 is 12.2 Å². The number of hydrogen-bond donors (Lipinski definition) is 3. The molecular weight excluding hydrogens is 288 g/mol. The van der Waals surface area contributed by atoms with Crippen LogP contribution in [0.25, 0.3) is 0 Å². The number of allylic oxidation sites excluding steroid dienone is 1. The number of benzene rings is 1. The van der Waals surface area contributed by atoms with Gasteiger partial charge in [-0.25, -0.2) is 4.99 Å². The fraction of sp³-hybridized carbons (Fsp3) is 0.0714. The fourth-order valence-corrected chi connectivity index (χ4v) is 1.79. The minimum atomic E-state index is -0.435. The standard InChI is InChI=1S/C14H14N4O2S/c1-8(2)20-10-5-3-9(4-6-10)7-16-11-12(15)17-14(21)18-13(11)19/h3-7H,1H2,2H3,(H4,15,17,18,19,21). The molecular formula is C14H14N4O2S. The van der Waals surface area contributed by atoms with E-state index in [1.165, 1.54) is 6.21 Å². The van der Waals surface area contributed by atoms with E-state index in [9.17, 15) is 4.79 Å². The van der Waals surface area contributed by atoms with Crippen LogP contribution in [0, 0.1) is 4.77 Å². The van der Waals surface area contributed by atoms with E-state index in [0.29, 0.717) is 11.5 Å². The van der Waals surface area contributed by atoms with Gasteiger partial charge in [0.25, 0.3) is 5.56 Å². The second-order valence-corrected chi connectivity index (χ2v) is 4.71. The summed E-state index contributed by atoms with van der Waals surface area (Å²) in [6, 6.07) is 7.17. The van der Waals surface area contributed by atoms with Crippen LogP contribution in [-0.2, 0) is 0 Å². The smallest absolute Gasteiger partial charge is 0.279 e. The van der Waals surface area contributed by atoms with Gasteiger partial charge in [-0.1, -0.05) is 6.58 Å². The molecule has 21 heavy (non-hydrogen) atoms. The highest BCUT2D eigenvalue weighted by atomic mass is 32.1. The van der Waals surface area contributed by atoms with E-state index in [1.807, 2.05) is 0 Å². The molecule has 1 aromatic heterocycles. The third kappa shape index (κ3) is 3.90. The molecule has 0 atom stereocenters. The third-order valence-corrected chi connectivity index (χ3v) is 2.66. The molecule has 0 fully saturated rings. The first-order valence-corrected chi connectivity index (χ1v) is 6.46. The van der Waals surface area contributed by atoms with Crippen LogP contribution in [0.5, 0.6) is 5.75 Å². The normalized spacial score (nSPS) is 10.7. The summed E-state index contributed by atoms with van der Waals surface area (Å²) in [4.78, 5) is 20.8. The lowest BCUT2D eigenvalue weighted by atomic mass is 10.2. The first-order valence-electron chi connectivity index (χ1n) is 6.05. The highest BCUT2D eigenvalue weighted by Crippen LogP contribution is 2.15. The van der Waals surface area contributed by atoms with E-state index in [-0.39, 0.29) is 16.3 Å². The van der Waals surface area contributed by atoms with E-state index in [1.54, 1.807) is 31.2 Å². The molecule has 7 heteroatoms. The van der Waals surface area contributed by atoms with Crippen molar-refractivity contribution < 1.29 is 4.74 Å². The minimum absolute atomic E-state index is 0.0888. The van der Waals surface area contributed by atoms with Gasteiger partial charge in [0.1, 0.15) is 11.6 Å². The predicted octanol–water partition coefficient (Wildman–Crippen LogP) is 2.68. The summed E-state index contributed by atoms with van der Waals surface area (Å²) in [6.07, 6.45) is 1.53. The fourth-order valence-electron chi connectivity index (χ4n) is 1.59. The van der Waals surface area contributed by atoms with Crippen molar-refractivity contribution in [1.82, 2.24) is 9.97 Å². The summed E-state index contributed by atoms with van der Waals surface area (Å²) in [5.41, 5.74) is 6.13. The SMILES string of the molecule is C=C(C)Oc1ccc(C=Nc2c(N)[nH]c(=S)[nH]c2=O)cc1. The Morgan fingerprint density at radius 2 is 2.05 bits per heavy atom. The van der Waals surface area contributed by atoms with Gasteiger partial charge in [0.2, 0.25) is 0 Å². The summed E-state index contributed by atoms with van der Waals surface area (Å²) >= 11 is 4.81. The van der Waals surface area contributed by atoms with E-state index in [2.05, 4.69) is 21.5 Å². The Hall–Kier alpha value is -2.67. The molecule has 0 bridgehead atoms. The first kappa shape index (κ1) is 14.7. The van der Waals surface area contributed by atoms with Gasteiger partial charge in [-0.05, 0) is 49.0 Å². The number of hydrogen-bond acceptors (Lipinski definition) is 5. The average molecular weight is 302 g/mol. The van der Waals surface area contributed by atoms with E-state index < -0.39 is 5.56 Å². The molecule has 0 aliphatic rings. The number of nitrogen functional groups attached to an aromatic ring is 1. The maximum atomic E-state index is 11.7. The molecule has 108 valence electrons. The highest BCUT2D eigenvalue weighted by Gasteiger charge is 2.02. The second kappa shape index (κ2) is 6.19. The molecule has 1 heterocycles. The van der Waals surface area contributed by atoms with Crippen molar-refractivity contribution in [2.24, 2.45) is 4.99 Å². The summed E-state index contributed by atoms with van der Waals surface area (Å²) < 4.78 is 5.52. The minimum Gasteiger partial charge on any atom is -0.463 e. The van der Waals surface area contributed by atoms with Crippen molar-refractivity contribution in [1.29, 1.82) is 0 Å². The van der Waals surface area contributed by atoms with Crippen molar-refractivity contribution >= 4 is 29.9 Å². The van der Waals surface area contributed by atoms with Gasteiger partial charge >= 0.3 is 0 Å². The molecule has 0 aliphatic heterocycles. The maximum absolute atomic E-state index is 11.7. The van der Waals surface area contributed by atoms with Gasteiger partial charge < -0.3 is 15.5 Å². The van der Waals surface area contributed by atoms with Crippen molar-refractivity contribution in [2.45, 2.75) is 6.92 Å². The number of H-pyrrole nitrogens is 2. The molecule has 0 amide bonds. The predicted molar refractivity (Wildman–Crippen MR) is 85.8 cm³/mol. The first-order chi connectivity index (χ1) is 9.95. The summed E-state index contributed by atoms with van der Waals surface area (Å²) in [7, 11) is 0. The second-order valence-electron chi connectivity index (χ2n) is 4.30. The van der Waals surface area contributed by atoms with Crippen LogP contribution in [0.4, 0.5) is 11.5 Å². The van der Waals surface area contributed by atoms with Gasteiger partial charge in [0.15, 0.2) is 10.5 Å². The van der Waals surface area contributed by atoms with Crippen molar-refractivity contribution in [3.8, 4) is 5.75 Å². The number of aromatic amines is 2. The number of nitrogens with zero attached hydrogens (tertiary/aromatic N) is 1. The van der Waals surface area contributed by atoms with E-state index in [0.717, 1.165) is 5.56 Å². The number of anilines is 1. The Morgan fingerprint density at radius 1 is 1.38 bits per heavy atom. The van der Waals surface area contributed by atoms with Crippen molar-refractivity contribution in [3.63, 3.8) is 0 Å². The van der Waals surface area contributed by atoms with E-state index >= 15 is 0 Å². The lowest BCUT2D eigenvalue weighted by molar-refractivity contribution is 0.430. The summed E-state index contributed by atoms with van der Waals surface area (Å²) in [5, 5.41) is 0. The van der Waals surface area contributed by atoms with Crippen molar-refractivity contribution in [3.05, 3.63) is 57.3 Å². The quantitative estimate of drug-likeness (QED) is 0.459. The lowest BCUT2D eigenvalue weighted by Gasteiger charge is -2.04. The zero-order chi connectivity index (χ0) is 15.4. The van der Waals surface area contributed by atoms with Crippen molar-refractivity contribution in [2.75, 3.05) is 5.73 Å². The van der Waals surface area contributed by atoms with Crippen LogP contribution in [0.15, 0.2) is 46.4 Å². The third-order valence-electron chi connectivity index (χ3n) is 2.46. The zero-order valence-corrected chi connectivity index (χ0v) is 12.2. The molecule has 1 aromatic carbocycles. The number of rotatable bonds is 4. The van der Waals surface area contributed by atoms with Gasteiger partial charge in [-0.15, -0.1) is 0 Å². The van der Waals surface area contributed by atoms with Gasteiger partial charge in [-0.3, -0.25) is 9.78 Å². The average Bonchev–Trinajstić information content (AvgIpc) is 2.38. The zero-order valence-electron chi connectivity index (χ0n) is 11.3. The number of nitrogens with two attached hydrogens (primary N) is 1.